The van der Waals surface area contributed by atoms with E-state index in [9.17, 15) is 19.1 Å². The van der Waals surface area contributed by atoms with E-state index in [1.165, 1.54) is 12.1 Å². The largest absolute Gasteiger partial charge is 0.507 e. The predicted octanol–water partition coefficient (Wildman–Crippen LogP) is 1.19. The van der Waals surface area contributed by atoms with Crippen LogP contribution in [-0.4, -0.2) is 22.5 Å². The highest BCUT2D eigenvalue weighted by Gasteiger charge is 2.10. The number of aromatic nitrogens is 1. The molecule has 104 valence electrons. The van der Waals surface area contributed by atoms with E-state index in [-0.39, 0.29) is 17.1 Å². The smallest absolute Gasteiger partial charge is 0.256 e. The molecular weight excluding hydrogens is 263 g/mol. The quantitative estimate of drug-likeness (QED) is 0.784. The molecule has 0 atom stereocenters. The fraction of sp³-hybridized carbons (Fsp3) is 0.143. The summed E-state index contributed by atoms with van der Waals surface area (Å²) < 4.78 is 12.7. The number of carbonyl (C=O) groups excluding carboxylic acids is 1. The minimum atomic E-state index is -0.485. The van der Waals surface area contributed by atoms with Gasteiger partial charge in [0, 0.05) is 18.8 Å². The number of carbonyl (C=O) groups is 1. The number of rotatable bonds is 4. The summed E-state index contributed by atoms with van der Waals surface area (Å²) in [5.41, 5.74) is 0.409. The highest BCUT2D eigenvalue weighted by molar-refractivity contribution is 5.96. The average Bonchev–Trinajstić information content (AvgIpc) is 2.41. The Morgan fingerprint density at radius 3 is 2.65 bits per heavy atom. The average molecular weight is 276 g/mol. The molecule has 3 N–H and O–H groups in total. The maximum atomic E-state index is 12.7. The zero-order chi connectivity index (χ0) is 14.5. The minimum Gasteiger partial charge on any atom is -0.507 e. The van der Waals surface area contributed by atoms with Crippen molar-refractivity contribution in [2.24, 2.45) is 0 Å². The molecule has 0 saturated carbocycles. The van der Waals surface area contributed by atoms with E-state index in [0.29, 0.717) is 13.0 Å². The summed E-state index contributed by atoms with van der Waals surface area (Å²) in [4.78, 5) is 25.0. The summed E-state index contributed by atoms with van der Waals surface area (Å²) in [6.45, 7) is 0.336. The van der Waals surface area contributed by atoms with E-state index in [1.54, 1.807) is 12.1 Å². The first-order valence-electron chi connectivity index (χ1n) is 6.00. The Balaban J connectivity index is 1.92. The molecule has 0 aliphatic rings. The lowest BCUT2D eigenvalue weighted by atomic mass is 10.1. The van der Waals surface area contributed by atoms with Crippen molar-refractivity contribution < 1.29 is 14.3 Å². The molecule has 0 fully saturated rings. The fourth-order valence-corrected chi connectivity index (χ4v) is 1.71. The van der Waals surface area contributed by atoms with Crippen LogP contribution in [0.4, 0.5) is 4.39 Å². The molecular formula is C14H13FN2O3. The molecule has 2 rings (SSSR count). The van der Waals surface area contributed by atoms with E-state index < -0.39 is 11.5 Å². The fourth-order valence-electron chi connectivity index (χ4n) is 1.71. The van der Waals surface area contributed by atoms with Crippen LogP contribution in [-0.2, 0) is 6.42 Å². The summed E-state index contributed by atoms with van der Waals surface area (Å²) >= 11 is 0. The monoisotopic (exact) mass is 276 g/mol. The molecule has 1 amide bonds. The van der Waals surface area contributed by atoms with Crippen LogP contribution >= 0.6 is 0 Å². The Morgan fingerprint density at radius 2 is 2.00 bits per heavy atom. The molecule has 1 aromatic heterocycles. The number of amides is 1. The number of pyridine rings is 1. The second kappa shape index (κ2) is 6.01. The van der Waals surface area contributed by atoms with Crippen LogP contribution in [0.2, 0.25) is 0 Å². The van der Waals surface area contributed by atoms with Crippen molar-refractivity contribution in [3.8, 4) is 5.75 Å². The van der Waals surface area contributed by atoms with Gasteiger partial charge in [-0.1, -0.05) is 12.1 Å². The third-order valence-corrected chi connectivity index (χ3v) is 2.76. The van der Waals surface area contributed by atoms with Gasteiger partial charge in [-0.05, 0) is 24.1 Å². The normalized spacial score (nSPS) is 10.2. The van der Waals surface area contributed by atoms with Crippen LogP contribution in [0.1, 0.15) is 15.9 Å². The second-order valence-electron chi connectivity index (χ2n) is 4.23. The Morgan fingerprint density at radius 1 is 1.30 bits per heavy atom. The SMILES string of the molecule is O=C(NCCc1ccc(F)cc1)c1c[nH]c(=O)cc1O. The van der Waals surface area contributed by atoms with Crippen molar-refractivity contribution in [1.82, 2.24) is 10.3 Å². The summed E-state index contributed by atoms with van der Waals surface area (Å²) in [6, 6.07) is 6.92. The van der Waals surface area contributed by atoms with Crippen molar-refractivity contribution in [3.63, 3.8) is 0 Å². The highest BCUT2D eigenvalue weighted by Crippen LogP contribution is 2.11. The molecule has 0 saturated heterocycles. The lowest BCUT2D eigenvalue weighted by Gasteiger charge is -2.06. The van der Waals surface area contributed by atoms with Crippen molar-refractivity contribution in [1.29, 1.82) is 0 Å². The molecule has 0 spiro atoms. The molecule has 5 nitrogen and oxygen atoms in total. The Kier molecular flexibility index (Phi) is 4.14. The van der Waals surface area contributed by atoms with Crippen LogP contribution in [0.15, 0.2) is 41.3 Å². The maximum Gasteiger partial charge on any atom is 0.256 e. The van der Waals surface area contributed by atoms with E-state index in [1.807, 2.05) is 0 Å². The van der Waals surface area contributed by atoms with Crippen molar-refractivity contribution >= 4 is 5.91 Å². The van der Waals surface area contributed by atoms with Crippen LogP contribution in [0, 0.1) is 5.82 Å². The zero-order valence-electron chi connectivity index (χ0n) is 10.5. The van der Waals surface area contributed by atoms with Crippen molar-refractivity contribution in [2.45, 2.75) is 6.42 Å². The zero-order valence-corrected chi connectivity index (χ0v) is 10.5. The third-order valence-electron chi connectivity index (χ3n) is 2.76. The number of hydrogen-bond acceptors (Lipinski definition) is 3. The van der Waals surface area contributed by atoms with Gasteiger partial charge in [-0.15, -0.1) is 0 Å². The van der Waals surface area contributed by atoms with Gasteiger partial charge in [0.05, 0.1) is 5.56 Å². The number of aromatic amines is 1. The lowest BCUT2D eigenvalue weighted by molar-refractivity contribution is 0.0951. The molecule has 1 heterocycles. The van der Waals surface area contributed by atoms with E-state index in [0.717, 1.165) is 17.8 Å². The maximum absolute atomic E-state index is 12.7. The van der Waals surface area contributed by atoms with Crippen LogP contribution in [0.3, 0.4) is 0 Å². The van der Waals surface area contributed by atoms with Gasteiger partial charge < -0.3 is 15.4 Å². The van der Waals surface area contributed by atoms with Gasteiger partial charge >= 0.3 is 0 Å². The number of nitrogens with one attached hydrogen (secondary N) is 2. The minimum absolute atomic E-state index is 0.00343. The van der Waals surface area contributed by atoms with Gasteiger partial charge in [-0.25, -0.2) is 4.39 Å². The molecule has 0 unspecified atom stereocenters. The van der Waals surface area contributed by atoms with Gasteiger partial charge in [0.2, 0.25) is 0 Å². The standard InChI is InChI=1S/C14H13FN2O3/c15-10-3-1-9(2-4-10)5-6-16-14(20)11-8-17-13(19)7-12(11)18/h1-4,7-8H,5-6H2,(H,16,20)(H2,17,18,19). The first-order valence-corrected chi connectivity index (χ1v) is 6.00. The van der Waals surface area contributed by atoms with Gasteiger partial charge in [0.1, 0.15) is 11.6 Å². The highest BCUT2D eigenvalue weighted by atomic mass is 19.1. The summed E-state index contributed by atoms with van der Waals surface area (Å²) in [7, 11) is 0. The summed E-state index contributed by atoms with van der Waals surface area (Å²) in [5, 5.41) is 12.1. The first kappa shape index (κ1) is 13.8. The molecule has 1 aromatic carbocycles. The van der Waals surface area contributed by atoms with Crippen molar-refractivity contribution in [3.05, 3.63) is 63.8 Å². The van der Waals surface area contributed by atoms with Gasteiger partial charge in [-0.3, -0.25) is 9.59 Å². The topological polar surface area (TPSA) is 82.2 Å². The molecule has 20 heavy (non-hydrogen) atoms. The Bertz CT molecular complexity index is 665. The second-order valence-corrected chi connectivity index (χ2v) is 4.23. The Hall–Kier alpha value is -2.63. The van der Waals surface area contributed by atoms with Crippen LogP contribution in [0.25, 0.3) is 0 Å². The van der Waals surface area contributed by atoms with Gasteiger partial charge in [0.25, 0.3) is 11.5 Å². The molecule has 0 radical (unpaired) electrons. The molecule has 2 aromatic rings. The number of aromatic hydroxyl groups is 1. The van der Waals surface area contributed by atoms with E-state index >= 15 is 0 Å². The molecule has 0 aliphatic heterocycles. The molecule has 0 aliphatic carbocycles. The number of H-pyrrole nitrogens is 1. The first-order chi connectivity index (χ1) is 9.56. The summed E-state index contributed by atoms with van der Waals surface area (Å²) in [5.74, 6) is -1.16. The number of benzene rings is 1. The molecule has 6 heteroatoms. The van der Waals surface area contributed by atoms with Crippen LogP contribution < -0.4 is 10.9 Å². The number of hydrogen-bond donors (Lipinski definition) is 3. The lowest BCUT2D eigenvalue weighted by Crippen LogP contribution is -2.26. The van der Waals surface area contributed by atoms with Crippen LogP contribution in [0.5, 0.6) is 5.75 Å². The van der Waals surface area contributed by atoms with Crippen molar-refractivity contribution in [2.75, 3.05) is 6.54 Å². The van der Waals surface area contributed by atoms with Gasteiger partial charge in [-0.2, -0.15) is 0 Å². The van der Waals surface area contributed by atoms with E-state index in [2.05, 4.69) is 10.3 Å². The number of halogens is 1. The third kappa shape index (κ3) is 3.44. The Labute approximate surface area is 114 Å². The van der Waals surface area contributed by atoms with E-state index in [4.69, 9.17) is 0 Å². The van der Waals surface area contributed by atoms with Gasteiger partial charge in [0.15, 0.2) is 0 Å². The molecule has 0 bridgehead atoms. The predicted molar refractivity (Wildman–Crippen MR) is 71.2 cm³/mol. The summed E-state index contributed by atoms with van der Waals surface area (Å²) in [6.07, 6.45) is 1.70.